The summed E-state index contributed by atoms with van der Waals surface area (Å²) in [6.07, 6.45) is 1.24. The number of nitrogens with zero attached hydrogens (tertiary/aromatic N) is 1. The Bertz CT molecular complexity index is 856. The molecule has 0 aliphatic carbocycles. The monoisotopic (exact) mass is 300 g/mol. The molecule has 1 saturated heterocycles. The van der Waals surface area contributed by atoms with Gasteiger partial charge in [0.1, 0.15) is 0 Å². The standard InChI is InChI=1S/C21H20N2/c1-2-6-15(7-3-1)17-12-13-23-19-11-10-16-8-4-5-9-18(16)21(19)22-14-20(17)23/h1-11,17,20,22H,12-14H2. The highest BCUT2D eigenvalue weighted by Crippen LogP contribution is 2.44. The van der Waals surface area contributed by atoms with Crippen molar-refractivity contribution in [3.8, 4) is 0 Å². The maximum absolute atomic E-state index is 3.74. The van der Waals surface area contributed by atoms with Gasteiger partial charge in [-0.15, -0.1) is 0 Å². The number of benzene rings is 3. The van der Waals surface area contributed by atoms with E-state index in [1.54, 1.807) is 0 Å². The molecular formula is C21H20N2. The lowest BCUT2D eigenvalue weighted by molar-refractivity contribution is 0.603. The average Bonchev–Trinajstić information content (AvgIpc) is 3.06. The van der Waals surface area contributed by atoms with Crippen molar-refractivity contribution in [3.63, 3.8) is 0 Å². The lowest BCUT2D eigenvalue weighted by Gasteiger charge is -2.37. The molecule has 2 aliphatic heterocycles. The van der Waals surface area contributed by atoms with Crippen molar-refractivity contribution in [1.29, 1.82) is 0 Å². The molecule has 1 fully saturated rings. The lowest BCUT2D eigenvalue weighted by atomic mass is 9.90. The molecule has 2 unspecified atom stereocenters. The molecule has 0 spiro atoms. The Labute approximate surface area is 136 Å². The van der Waals surface area contributed by atoms with Crippen LogP contribution in [0.1, 0.15) is 17.9 Å². The Morgan fingerprint density at radius 1 is 0.870 bits per heavy atom. The fourth-order valence-corrected chi connectivity index (χ4v) is 4.39. The molecule has 2 nitrogen and oxygen atoms in total. The largest absolute Gasteiger partial charge is 0.381 e. The van der Waals surface area contributed by atoms with E-state index in [0.717, 1.165) is 13.1 Å². The first-order valence-corrected chi connectivity index (χ1v) is 8.49. The molecule has 0 amide bonds. The number of hydrogen-bond donors (Lipinski definition) is 1. The van der Waals surface area contributed by atoms with Crippen LogP contribution in [0, 0.1) is 0 Å². The minimum absolute atomic E-state index is 0.561. The van der Waals surface area contributed by atoms with Gasteiger partial charge in [0.05, 0.1) is 17.4 Å². The highest BCUT2D eigenvalue weighted by atomic mass is 15.2. The third-order valence-electron chi connectivity index (χ3n) is 5.48. The van der Waals surface area contributed by atoms with Crippen molar-refractivity contribution < 1.29 is 0 Å². The molecule has 3 aromatic rings. The van der Waals surface area contributed by atoms with E-state index in [1.165, 1.54) is 34.1 Å². The van der Waals surface area contributed by atoms with E-state index >= 15 is 0 Å². The maximum Gasteiger partial charge on any atom is 0.0658 e. The molecule has 0 bridgehead atoms. The third-order valence-corrected chi connectivity index (χ3v) is 5.48. The lowest BCUT2D eigenvalue weighted by Crippen LogP contribution is -2.41. The van der Waals surface area contributed by atoms with Gasteiger partial charge >= 0.3 is 0 Å². The fourth-order valence-electron chi connectivity index (χ4n) is 4.39. The minimum Gasteiger partial charge on any atom is -0.381 e. The fraction of sp³-hybridized carbons (Fsp3) is 0.238. The van der Waals surface area contributed by atoms with E-state index in [0.29, 0.717) is 12.0 Å². The molecule has 2 heterocycles. The van der Waals surface area contributed by atoms with Crippen LogP contribution in [0.4, 0.5) is 11.4 Å². The van der Waals surface area contributed by atoms with Crippen LogP contribution in [-0.2, 0) is 0 Å². The second-order valence-electron chi connectivity index (χ2n) is 6.63. The number of anilines is 2. The van der Waals surface area contributed by atoms with E-state index < -0.39 is 0 Å². The SMILES string of the molecule is c1ccc(C2CCN3c4ccc5ccccc5c4NCC23)cc1. The number of rotatable bonds is 1. The summed E-state index contributed by atoms with van der Waals surface area (Å²) in [6.45, 7) is 2.18. The van der Waals surface area contributed by atoms with Crippen LogP contribution in [0.15, 0.2) is 66.7 Å². The summed E-state index contributed by atoms with van der Waals surface area (Å²) in [6, 6.07) is 24.8. The summed E-state index contributed by atoms with van der Waals surface area (Å²) in [7, 11) is 0. The minimum atomic E-state index is 0.561. The van der Waals surface area contributed by atoms with Crippen molar-refractivity contribution >= 4 is 22.1 Å². The Morgan fingerprint density at radius 2 is 1.70 bits per heavy atom. The summed E-state index contributed by atoms with van der Waals surface area (Å²) >= 11 is 0. The van der Waals surface area contributed by atoms with Gasteiger partial charge < -0.3 is 10.2 Å². The first kappa shape index (κ1) is 13.0. The molecule has 23 heavy (non-hydrogen) atoms. The normalized spacial score (nSPS) is 22.5. The van der Waals surface area contributed by atoms with Crippen molar-refractivity contribution in [1.82, 2.24) is 0 Å². The van der Waals surface area contributed by atoms with E-state index in [-0.39, 0.29) is 0 Å². The van der Waals surface area contributed by atoms with E-state index in [4.69, 9.17) is 0 Å². The molecule has 0 aromatic heterocycles. The second-order valence-corrected chi connectivity index (χ2v) is 6.63. The molecule has 2 atom stereocenters. The van der Waals surface area contributed by atoms with E-state index in [2.05, 4.69) is 76.9 Å². The molecule has 0 saturated carbocycles. The van der Waals surface area contributed by atoms with Gasteiger partial charge in [0.2, 0.25) is 0 Å². The Hall–Kier alpha value is -2.48. The van der Waals surface area contributed by atoms with Gasteiger partial charge in [-0.2, -0.15) is 0 Å². The summed E-state index contributed by atoms with van der Waals surface area (Å²) in [5.41, 5.74) is 4.16. The Morgan fingerprint density at radius 3 is 2.61 bits per heavy atom. The van der Waals surface area contributed by atoms with E-state index in [1.807, 2.05) is 0 Å². The maximum atomic E-state index is 3.74. The Balaban J connectivity index is 1.58. The van der Waals surface area contributed by atoms with Gasteiger partial charge in [0.25, 0.3) is 0 Å². The highest BCUT2D eigenvalue weighted by molar-refractivity contribution is 6.01. The first-order valence-electron chi connectivity index (χ1n) is 8.49. The quantitative estimate of drug-likeness (QED) is 0.705. The second kappa shape index (κ2) is 5.02. The van der Waals surface area contributed by atoms with Gasteiger partial charge in [-0.3, -0.25) is 0 Å². The number of hydrogen-bond acceptors (Lipinski definition) is 2. The molecule has 0 radical (unpaired) electrons. The molecule has 5 rings (SSSR count). The number of nitrogens with one attached hydrogen (secondary N) is 1. The van der Waals surface area contributed by atoms with Crippen molar-refractivity contribution in [3.05, 3.63) is 72.3 Å². The molecule has 2 aliphatic rings. The van der Waals surface area contributed by atoms with Crippen molar-refractivity contribution in [2.24, 2.45) is 0 Å². The molecule has 2 heteroatoms. The average molecular weight is 300 g/mol. The van der Waals surface area contributed by atoms with Crippen LogP contribution in [-0.4, -0.2) is 19.1 Å². The Kier molecular flexibility index (Phi) is 2.84. The molecular weight excluding hydrogens is 280 g/mol. The van der Waals surface area contributed by atoms with Crippen LogP contribution in [0.25, 0.3) is 10.8 Å². The summed E-state index contributed by atoms with van der Waals surface area (Å²) in [5.74, 6) is 0.628. The topological polar surface area (TPSA) is 15.3 Å². The predicted molar refractivity (Wildman–Crippen MR) is 97.4 cm³/mol. The van der Waals surface area contributed by atoms with Crippen molar-refractivity contribution in [2.45, 2.75) is 18.4 Å². The van der Waals surface area contributed by atoms with E-state index in [9.17, 15) is 0 Å². The zero-order valence-corrected chi connectivity index (χ0v) is 13.1. The van der Waals surface area contributed by atoms with Gasteiger partial charge in [0, 0.05) is 24.4 Å². The van der Waals surface area contributed by atoms with Gasteiger partial charge in [0.15, 0.2) is 0 Å². The smallest absolute Gasteiger partial charge is 0.0658 e. The zero-order valence-electron chi connectivity index (χ0n) is 13.1. The number of fused-ring (bicyclic) bond motifs is 5. The van der Waals surface area contributed by atoms with Crippen LogP contribution in [0.5, 0.6) is 0 Å². The highest BCUT2D eigenvalue weighted by Gasteiger charge is 2.38. The summed E-state index contributed by atoms with van der Waals surface area (Å²) in [5, 5.41) is 6.39. The predicted octanol–water partition coefficient (Wildman–Crippen LogP) is 4.63. The first-order chi connectivity index (χ1) is 11.4. The molecule has 1 N–H and O–H groups in total. The van der Waals surface area contributed by atoms with Gasteiger partial charge in [-0.05, 0) is 23.4 Å². The zero-order chi connectivity index (χ0) is 15.2. The van der Waals surface area contributed by atoms with Crippen LogP contribution >= 0.6 is 0 Å². The van der Waals surface area contributed by atoms with Crippen molar-refractivity contribution in [2.75, 3.05) is 23.3 Å². The van der Waals surface area contributed by atoms with Crippen LogP contribution < -0.4 is 10.2 Å². The summed E-state index contributed by atoms with van der Waals surface area (Å²) in [4.78, 5) is 2.62. The van der Waals surface area contributed by atoms with Gasteiger partial charge in [-0.1, -0.05) is 60.7 Å². The van der Waals surface area contributed by atoms with Crippen LogP contribution in [0.2, 0.25) is 0 Å². The van der Waals surface area contributed by atoms with Gasteiger partial charge in [-0.25, -0.2) is 0 Å². The van der Waals surface area contributed by atoms with Crippen LogP contribution in [0.3, 0.4) is 0 Å². The molecule has 114 valence electrons. The molecule has 3 aromatic carbocycles. The third kappa shape index (κ3) is 1.94. The summed E-state index contributed by atoms with van der Waals surface area (Å²) < 4.78 is 0.